The van der Waals surface area contributed by atoms with Gasteiger partial charge in [-0.15, -0.1) is 0 Å². The van der Waals surface area contributed by atoms with E-state index < -0.39 is 0 Å². The van der Waals surface area contributed by atoms with Crippen LogP contribution in [0.3, 0.4) is 0 Å². The number of rotatable bonds is 5. The average molecular weight is 212 g/mol. The van der Waals surface area contributed by atoms with E-state index in [4.69, 9.17) is 4.74 Å². The van der Waals surface area contributed by atoms with Gasteiger partial charge in [-0.05, 0) is 12.8 Å². The van der Waals surface area contributed by atoms with E-state index in [0.717, 1.165) is 25.7 Å². The normalized spacial score (nSPS) is 25.6. The Morgan fingerprint density at radius 3 is 2.80 bits per heavy atom. The fraction of sp³-hybridized carbons (Fsp3) is 0.833. The van der Waals surface area contributed by atoms with Crippen LogP contribution in [0.1, 0.15) is 45.4 Å². The molecular formula is C12H20O3. The molecule has 1 saturated carbocycles. The first-order chi connectivity index (χ1) is 7.20. The number of carbonyl (C=O) groups is 2. The third-order valence-corrected chi connectivity index (χ3v) is 3.22. The van der Waals surface area contributed by atoms with E-state index >= 15 is 0 Å². The summed E-state index contributed by atoms with van der Waals surface area (Å²) in [5.41, 5.74) is 0. The van der Waals surface area contributed by atoms with Gasteiger partial charge < -0.3 is 4.74 Å². The predicted octanol–water partition coefficient (Wildman–Crippen LogP) is 2.33. The molecule has 1 fully saturated rings. The molecule has 2 atom stereocenters. The zero-order valence-electron chi connectivity index (χ0n) is 9.62. The first-order valence-electron chi connectivity index (χ1n) is 5.81. The first-order valence-corrected chi connectivity index (χ1v) is 5.81. The largest absolute Gasteiger partial charge is 0.469 e. The maximum atomic E-state index is 11.6. The second-order valence-corrected chi connectivity index (χ2v) is 4.24. The van der Waals surface area contributed by atoms with Crippen LogP contribution in [0, 0.1) is 11.8 Å². The fourth-order valence-electron chi connectivity index (χ4n) is 2.32. The summed E-state index contributed by atoms with van der Waals surface area (Å²) in [6.07, 6.45) is 5.41. The highest BCUT2D eigenvalue weighted by Crippen LogP contribution is 2.33. The third kappa shape index (κ3) is 3.05. The van der Waals surface area contributed by atoms with Crippen molar-refractivity contribution in [1.82, 2.24) is 0 Å². The van der Waals surface area contributed by atoms with Crippen molar-refractivity contribution in [2.45, 2.75) is 45.4 Å². The quantitative estimate of drug-likeness (QED) is 0.519. The molecule has 3 heteroatoms. The van der Waals surface area contributed by atoms with Gasteiger partial charge in [0.05, 0.1) is 13.0 Å². The molecular weight excluding hydrogens is 192 g/mol. The molecule has 0 amide bonds. The summed E-state index contributed by atoms with van der Waals surface area (Å²) >= 11 is 0. The molecule has 0 N–H and O–H groups in total. The second kappa shape index (κ2) is 5.89. The lowest BCUT2D eigenvalue weighted by Gasteiger charge is -2.15. The van der Waals surface area contributed by atoms with Crippen LogP contribution in [-0.2, 0) is 14.3 Å². The smallest absolute Gasteiger partial charge is 0.309 e. The van der Waals surface area contributed by atoms with Crippen LogP contribution in [-0.4, -0.2) is 18.9 Å². The molecule has 0 bridgehead atoms. The average Bonchev–Trinajstić information content (AvgIpc) is 2.60. The standard InChI is InChI=1S/C12H20O3/c1-3-4-5-6-9-10(12(14)15-2)7-8-11(9)13/h9-10H,3-8H2,1-2H3/t9?,10-/m1/s1. The predicted molar refractivity (Wildman–Crippen MR) is 57.4 cm³/mol. The van der Waals surface area contributed by atoms with Crippen molar-refractivity contribution in [1.29, 1.82) is 0 Å². The zero-order valence-corrected chi connectivity index (χ0v) is 9.62. The number of hydrogen-bond donors (Lipinski definition) is 0. The van der Waals surface area contributed by atoms with Gasteiger partial charge in [0.1, 0.15) is 5.78 Å². The molecule has 0 aromatic rings. The van der Waals surface area contributed by atoms with E-state index in [2.05, 4.69) is 6.92 Å². The van der Waals surface area contributed by atoms with Crippen molar-refractivity contribution < 1.29 is 14.3 Å². The SMILES string of the molecule is CCCCCC1C(=O)CC[C@H]1C(=O)OC. The molecule has 15 heavy (non-hydrogen) atoms. The Morgan fingerprint density at radius 1 is 1.47 bits per heavy atom. The van der Waals surface area contributed by atoms with Gasteiger partial charge in [0.2, 0.25) is 0 Å². The van der Waals surface area contributed by atoms with Gasteiger partial charge in [-0.25, -0.2) is 0 Å². The monoisotopic (exact) mass is 212 g/mol. The van der Waals surface area contributed by atoms with Crippen LogP contribution >= 0.6 is 0 Å². The number of ketones is 1. The van der Waals surface area contributed by atoms with Gasteiger partial charge in [-0.2, -0.15) is 0 Å². The van der Waals surface area contributed by atoms with Crippen LogP contribution in [0.25, 0.3) is 0 Å². The van der Waals surface area contributed by atoms with E-state index in [0.29, 0.717) is 12.8 Å². The van der Waals surface area contributed by atoms with E-state index in [-0.39, 0.29) is 23.6 Å². The van der Waals surface area contributed by atoms with Gasteiger partial charge in [-0.1, -0.05) is 26.2 Å². The van der Waals surface area contributed by atoms with Crippen LogP contribution in [0.2, 0.25) is 0 Å². The highest BCUT2D eigenvalue weighted by molar-refractivity contribution is 5.90. The Hall–Kier alpha value is -0.860. The van der Waals surface area contributed by atoms with Crippen molar-refractivity contribution in [3.8, 4) is 0 Å². The van der Waals surface area contributed by atoms with Crippen LogP contribution in [0.5, 0.6) is 0 Å². The summed E-state index contributed by atoms with van der Waals surface area (Å²) in [6, 6.07) is 0. The number of esters is 1. The summed E-state index contributed by atoms with van der Waals surface area (Å²) < 4.78 is 4.73. The fourth-order valence-corrected chi connectivity index (χ4v) is 2.32. The van der Waals surface area contributed by atoms with Crippen molar-refractivity contribution in [2.24, 2.45) is 11.8 Å². The Balaban J connectivity index is 2.49. The van der Waals surface area contributed by atoms with Crippen LogP contribution < -0.4 is 0 Å². The van der Waals surface area contributed by atoms with Gasteiger partial charge >= 0.3 is 5.97 Å². The van der Waals surface area contributed by atoms with Gasteiger partial charge in [0.25, 0.3) is 0 Å². The maximum absolute atomic E-state index is 11.6. The Bertz CT molecular complexity index is 235. The highest BCUT2D eigenvalue weighted by Gasteiger charge is 2.39. The molecule has 0 radical (unpaired) electrons. The minimum atomic E-state index is -0.206. The van der Waals surface area contributed by atoms with Crippen LogP contribution in [0.4, 0.5) is 0 Å². The number of hydrogen-bond acceptors (Lipinski definition) is 3. The molecule has 0 aliphatic heterocycles. The minimum Gasteiger partial charge on any atom is -0.469 e. The van der Waals surface area contributed by atoms with E-state index in [9.17, 15) is 9.59 Å². The molecule has 1 unspecified atom stereocenters. The molecule has 0 aromatic heterocycles. The minimum absolute atomic E-state index is 0.0657. The first kappa shape index (κ1) is 12.2. The summed E-state index contributed by atoms with van der Waals surface area (Å²) in [4.78, 5) is 23.0. The lowest BCUT2D eigenvalue weighted by molar-refractivity contribution is -0.148. The number of carbonyl (C=O) groups excluding carboxylic acids is 2. The van der Waals surface area contributed by atoms with Crippen molar-refractivity contribution >= 4 is 11.8 Å². The molecule has 3 nitrogen and oxygen atoms in total. The van der Waals surface area contributed by atoms with Gasteiger partial charge in [-0.3, -0.25) is 9.59 Å². The van der Waals surface area contributed by atoms with Crippen molar-refractivity contribution in [3.05, 3.63) is 0 Å². The Kier molecular flexibility index (Phi) is 4.79. The van der Waals surface area contributed by atoms with Crippen molar-refractivity contribution in [2.75, 3.05) is 7.11 Å². The Morgan fingerprint density at radius 2 is 2.20 bits per heavy atom. The molecule has 1 rings (SSSR count). The van der Waals surface area contributed by atoms with E-state index in [1.54, 1.807) is 0 Å². The lowest BCUT2D eigenvalue weighted by Crippen LogP contribution is -2.23. The van der Waals surface area contributed by atoms with Gasteiger partial charge in [0.15, 0.2) is 0 Å². The second-order valence-electron chi connectivity index (χ2n) is 4.24. The molecule has 86 valence electrons. The van der Waals surface area contributed by atoms with Gasteiger partial charge in [0, 0.05) is 12.3 Å². The number of unbranched alkanes of at least 4 members (excludes halogenated alkanes) is 2. The molecule has 1 aliphatic carbocycles. The topological polar surface area (TPSA) is 43.4 Å². The number of Topliss-reactive ketones (excluding diaryl/α,β-unsaturated/α-hetero) is 1. The molecule has 0 spiro atoms. The Labute approximate surface area is 91.2 Å². The molecule has 0 aromatic carbocycles. The summed E-state index contributed by atoms with van der Waals surface area (Å²) in [5.74, 6) is -0.188. The maximum Gasteiger partial charge on any atom is 0.309 e. The van der Waals surface area contributed by atoms with E-state index in [1.807, 2.05) is 0 Å². The highest BCUT2D eigenvalue weighted by atomic mass is 16.5. The number of methoxy groups -OCH3 is 1. The summed E-state index contributed by atoms with van der Waals surface area (Å²) in [5, 5.41) is 0. The lowest BCUT2D eigenvalue weighted by atomic mass is 9.90. The van der Waals surface area contributed by atoms with Crippen LogP contribution in [0.15, 0.2) is 0 Å². The summed E-state index contributed by atoms with van der Waals surface area (Å²) in [7, 11) is 1.40. The molecule has 0 saturated heterocycles. The van der Waals surface area contributed by atoms with Crippen molar-refractivity contribution in [3.63, 3.8) is 0 Å². The third-order valence-electron chi connectivity index (χ3n) is 3.22. The summed E-state index contributed by atoms with van der Waals surface area (Å²) in [6.45, 7) is 2.13. The molecule has 0 heterocycles. The molecule has 1 aliphatic rings. The number of ether oxygens (including phenoxy) is 1. The van der Waals surface area contributed by atoms with E-state index in [1.165, 1.54) is 7.11 Å². The zero-order chi connectivity index (χ0) is 11.3.